The highest BCUT2D eigenvalue weighted by molar-refractivity contribution is 5.83. The minimum atomic E-state index is -1.01. The van der Waals surface area contributed by atoms with Crippen LogP contribution in [-0.4, -0.2) is 77.3 Å². The van der Waals surface area contributed by atoms with E-state index in [1.165, 1.54) is 0 Å². The third kappa shape index (κ3) is 3.40. The molecule has 2 atom stereocenters. The zero-order valence-electron chi connectivity index (χ0n) is 13.4. The van der Waals surface area contributed by atoms with Crippen molar-refractivity contribution in [1.82, 2.24) is 14.9 Å². The second kappa shape index (κ2) is 7.00. The first-order valence-corrected chi connectivity index (χ1v) is 7.87. The Hall–Kier alpha value is -2.42. The van der Waals surface area contributed by atoms with E-state index in [0.29, 0.717) is 50.8 Å². The van der Waals surface area contributed by atoms with Gasteiger partial charge in [-0.25, -0.2) is 9.78 Å². The molecule has 130 valence electrons. The molecule has 0 saturated carbocycles. The summed E-state index contributed by atoms with van der Waals surface area (Å²) in [5.74, 6) is -0.0719. The SMILES string of the molecule is COc1ccnc(N2CCN(C(=O)[C@@H]3CC[C@H](C(=O)O)O3)CC2)n1. The van der Waals surface area contributed by atoms with Crippen molar-refractivity contribution in [2.75, 3.05) is 38.2 Å². The van der Waals surface area contributed by atoms with Gasteiger partial charge in [0.1, 0.15) is 6.10 Å². The van der Waals surface area contributed by atoms with Gasteiger partial charge in [-0.3, -0.25) is 4.79 Å². The first kappa shape index (κ1) is 16.4. The van der Waals surface area contributed by atoms with Crippen molar-refractivity contribution >= 4 is 17.8 Å². The predicted octanol–water partition coefficient (Wildman–Crippen LogP) is -0.234. The maximum Gasteiger partial charge on any atom is 0.332 e. The van der Waals surface area contributed by atoms with Crippen LogP contribution in [0.2, 0.25) is 0 Å². The summed E-state index contributed by atoms with van der Waals surface area (Å²) < 4.78 is 10.4. The van der Waals surface area contributed by atoms with Crippen LogP contribution < -0.4 is 9.64 Å². The summed E-state index contributed by atoms with van der Waals surface area (Å²) in [6.45, 7) is 2.26. The summed E-state index contributed by atoms with van der Waals surface area (Å²) in [7, 11) is 1.55. The molecule has 0 bridgehead atoms. The van der Waals surface area contributed by atoms with Gasteiger partial charge in [0.15, 0.2) is 6.10 Å². The fourth-order valence-electron chi connectivity index (χ4n) is 2.93. The van der Waals surface area contributed by atoms with Crippen molar-refractivity contribution in [2.24, 2.45) is 0 Å². The molecular weight excluding hydrogens is 316 g/mol. The first-order valence-electron chi connectivity index (χ1n) is 7.87. The van der Waals surface area contributed by atoms with Gasteiger partial charge in [0.2, 0.25) is 11.8 Å². The van der Waals surface area contributed by atoms with Gasteiger partial charge in [-0.2, -0.15) is 4.98 Å². The van der Waals surface area contributed by atoms with Crippen LogP contribution in [-0.2, 0) is 14.3 Å². The summed E-state index contributed by atoms with van der Waals surface area (Å²) >= 11 is 0. The summed E-state index contributed by atoms with van der Waals surface area (Å²) in [6, 6.07) is 1.68. The van der Waals surface area contributed by atoms with Gasteiger partial charge < -0.3 is 24.4 Å². The Morgan fingerprint density at radius 1 is 1.25 bits per heavy atom. The average molecular weight is 336 g/mol. The maximum atomic E-state index is 12.5. The third-order valence-corrected chi connectivity index (χ3v) is 4.27. The molecule has 3 heterocycles. The molecule has 1 aromatic rings. The molecular formula is C15H20N4O5. The fraction of sp³-hybridized carbons (Fsp3) is 0.600. The quantitative estimate of drug-likeness (QED) is 0.804. The van der Waals surface area contributed by atoms with Crippen molar-refractivity contribution in [1.29, 1.82) is 0 Å². The van der Waals surface area contributed by atoms with Gasteiger partial charge in [-0.05, 0) is 12.8 Å². The molecule has 0 spiro atoms. The number of piperazine rings is 1. The Morgan fingerprint density at radius 3 is 2.58 bits per heavy atom. The normalized spacial score (nSPS) is 24.0. The highest BCUT2D eigenvalue weighted by Gasteiger charge is 2.37. The molecule has 0 unspecified atom stereocenters. The lowest BCUT2D eigenvalue weighted by Crippen LogP contribution is -2.52. The lowest BCUT2D eigenvalue weighted by atomic mass is 10.1. The minimum Gasteiger partial charge on any atom is -0.481 e. The number of carboxylic acid groups (broad SMARTS) is 1. The second-order valence-corrected chi connectivity index (χ2v) is 5.74. The van der Waals surface area contributed by atoms with E-state index in [0.717, 1.165) is 0 Å². The number of aliphatic carboxylic acids is 1. The van der Waals surface area contributed by atoms with Gasteiger partial charge in [-0.1, -0.05) is 0 Å². The number of hydrogen-bond acceptors (Lipinski definition) is 7. The topological polar surface area (TPSA) is 105 Å². The highest BCUT2D eigenvalue weighted by Crippen LogP contribution is 2.22. The molecule has 24 heavy (non-hydrogen) atoms. The van der Waals surface area contributed by atoms with E-state index in [-0.39, 0.29) is 5.91 Å². The zero-order chi connectivity index (χ0) is 17.1. The van der Waals surface area contributed by atoms with Crippen LogP contribution >= 0.6 is 0 Å². The largest absolute Gasteiger partial charge is 0.481 e. The molecule has 2 aliphatic heterocycles. The number of rotatable bonds is 4. The van der Waals surface area contributed by atoms with Crippen LogP contribution in [0.5, 0.6) is 5.88 Å². The van der Waals surface area contributed by atoms with Crippen molar-refractivity contribution in [3.63, 3.8) is 0 Å². The van der Waals surface area contributed by atoms with Crippen LogP contribution in [0.4, 0.5) is 5.95 Å². The van der Waals surface area contributed by atoms with Gasteiger partial charge in [0.25, 0.3) is 5.91 Å². The van der Waals surface area contributed by atoms with E-state index in [9.17, 15) is 9.59 Å². The molecule has 1 amide bonds. The van der Waals surface area contributed by atoms with Crippen LogP contribution in [0.3, 0.4) is 0 Å². The molecule has 9 nitrogen and oxygen atoms in total. The predicted molar refractivity (Wildman–Crippen MR) is 82.9 cm³/mol. The number of carboxylic acids is 1. The molecule has 1 N–H and O–H groups in total. The number of amides is 1. The molecule has 9 heteroatoms. The molecule has 2 aliphatic rings. The van der Waals surface area contributed by atoms with Gasteiger partial charge in [0, 0.05) is 38.4 Å². The maximum absolute atomic E-state index is 12.5. The number of nitrogens with zero attached hydrogens (tertiary/aromatic N) is 4. The molecule has 2 saturated heterocycles. The summed E-state index contributed by atoms with van der Waals surface area (Å²) in [6.07, 6.45) is 0.950. The molecule has 0 aromatic carbocycles. The lowest BCUT2D eigenvalue weighted by molar-refractivity contribution is -0.154. The second-order valence-electron chi connectivity index (χ2n) is 5.74. The number of hydrogen-bond donors (Lipinski definition) is 1. The fourth-order valence-corrected chi connectivity index (χ4v) is 2.93. The number of anilines is 1. The standard InChI is InChI=1S/C15H20N4O5/c1-23-12-4-5-16-15(17-12)19-8-6-18(7-9-19)13(20)10-2-3-11(24-10)14(21)22/h4-5,10-11H,2-3,6-9H2,1H3,(H,21,22)/t10-,11+/m0/s1. The summed E-state index contributed by atoms with van der Waals surface area (Å²) in [5.41, 5.74) is 0. The van der Waals surface area contributed by atoms with E-state index in [1.54, 1.807) is 24.3 Å². The van der Waals surface area contributed by atoms with Crippen molar-refractivity contribution in [2.45, 2.75) is 25.0 Å². The van der Waals surface area contributed by atoms with Crippen LogP contribution in [0.15, 0.2) is 12.3 Å². The Kier molecular flexibility index (Phi) is 4.79. The number of aromatic nitrogens is 2. The zero-order valence-corrected chi connectivity index (χ0v) is 13.4. The van der Waals surface area contributed by atoms with Gasteiger partial charge >= 0.3 is 5.97 Å². The third-order valence-electron chi connectivity index (χ3n) is 4.27. The van der Waals surface area contributed by atoms with E-state index in [4.69, 9.17) is 14.6 Å². The van der Waals surface area contributed by atoms with Crippen molar-refractivity contribution in [3.8, 4) is 5.88 Å². The van der Waals surface area contributed by atoms with Crippen LogP contribution in [0, 0.1) is 0 Å². The van der Waals surface area contributed by atoms with Crippen LogP contribution in [0.25, 0.3) is 0 Å². The van der Waals surface area contributed by atoms with E-state index < -0.39 is 18.2 Å². The molecule has 0 aliphatic carbocycles. The monoisotopic (exact) mass is 336 g/mol. The van der Waals surface area contributed by atoms with Gasteiger partial charge in [-0.15, -0.1) is 0 Å². The van der Waals surface area contributed by atoms with E-state index in [2.05, 4.69) is 9.97 Å². The van der Waals surface area contributed by atoms with E-state index >= 15 is 0 Å². The number of carbonyl (C=O) groups is 2. The Balaban J connectivity index is 1.55. The molecule has 0 radical (unpaired) electrons. The molecule has 3 rings (SSSR count). The molecule has 2 fully saturated rings. The smallest absolute Gasteiger partial charge is 0.332 e. The van der Waals surface area contributed by atoms with Crippen LogP contribution in [0.1, 0.15) is 12.8 Å². The highest BCUT2D eigenvalue weighted by atomic mass is 16.5. The van der Waals surface area contributed by atoms with Gasteiger partial charge in [0.05, 0.1) is 7.11 Å². The van der Waals surface area contributed by atoms with Crippen molar-refractivity contribution < 1.29 is 24.2 Å². The first-order chi connectivity index (χ1) is 11.6. The Bertz CT molecular complexity index is 618. The molecule has 1 aromatic heterocycles. The lowest BCUT2D eigenvalue weighted by Gasteiger charge is -2.35. The number of ether oxygens (including phenoxy) is 2. The van der Waals surface area contributed by atoms with Crippen molar-refractivity contribution in [3.05, 3.63) is 12.3 Å². The number of carbonyl (C=O) groups excluding carboxylic acids is 1. The number of methoxy groups -OCH3 is 1. The Labute approximate surface area is 139 Å². The minimum absolute atomic E-state index is 0.134. The Morgan fingerprint density at radius 2 is 1.96 bits per heavy atom. The average Bonchev–Trinajstić information content (AvgIpc) is 3.12. The van der Waals surface area contributed by atoms with E-state index in [1.807, 2.05) is 4.90 Å². The summed E-state index contributed by atoms with van der Waals surface area (Å²) in [4.78, 5) is 35.6. The summed E-state index contributed by atoms with van der Waals surface area (Å²) in [5, 5.41) is 8.95.